The number of nitrogens with zero attached hydrogens (tertiary/aromatic N) is 1. The Morgan fingerprint density at radius 3 is 2.85 bits per heavy atom. The number of ether oxygens (including phenoxy) is 2. The molecular formula is C11H15FN2O6. The van der Waals surface area contributed by atoms with Crippen LogP contribution >= 0.6 is 0 Å². The number of H-pyrrole nitrogens is 1. The lowest BCUT2D eigenvalue weighted by molar-refractivity contribution is -0.138. The molecule has 0 aliphatic carbocycles. The average molecular weight is 290 g/mol. The van der Waals surface area contributed by atoms with Gasteiger partial charge in [-0.3, -0.25) is 14.3 Å². The molecule has 0 saturated carbocycles. The first-order valence-corrected chi connectivity index (χ1v) is 5.89. The second kappa shape index (κ2) is 5.35. The summed E-state index contributed by atoms with van der Waals surface area (Å²) in [6.07, 6.45) is -1.26. The predicted octanol–water partition coefficient (Wildman–Crippen LogP) is -1.47. The summed E-state index contributed by atoms with van der Waals surface area (Å²) in [5, 5.41) is 19.0. The first-order valence-electron chi connectivity index (χ1n) is 5.89. The molecule has 3 N–H and O–H groups in total. The molecule has 0 bridgehead atoms. The Labute approximate surface area is 112 Å². The van der Waals surface area contributed by atoms with Crippen LogP contribution in [-0.2, 0) is 4.74 Å². The van der Waals surface area contributed by atoms with Crippen molar-refractivity contribution in [1.82, 2.24) is 9.55 Å². The Morgan fingerprint density at radius 2 is 2.35 bits per heavy atom. The van der Waals surface area contributed by atoms with Crippen LogP contribution < -0.4 is 16.0 Å². The van der Waals surface area contributed by atoms with Gasteiger partial charge in [0.05, 0.1) is 26.0 Å². The minimum atomic E-state index is -1.76. The summed E-state index contributed by atoms with van der Waals surface area (Å²) < 4.78 is 24.0. The van der Waals surface area contributed by atoms with Gasteiger partial charge in [0.2, 0.25) is 5.75 Å². The number of alkyl halides is 1. The second-order valence-corrected chi connectivity index (χ2v) is 4.54. The maximum Gasteiger partial charge on any atom is 0.330 e. The summed E-state index contributed by atoms with van der Waals surface area (Å²) in [5.74, 6) is -0.121. The molecule has 8 nitrogen and oxygen atoms in total. The van der Waals surface area contributed by atoms with Gasteiger partial charge in [0.25, 0.3) is 5.56 Å². The van der Waals surface area contributed by atoms with E-state index >= 15 is 0 Å². The molecule has 0 radical (unpaired) electrons. The number of aliphatic hydroxyl groups excluding tert-OH is 2. The summed E-state index contributed by atoms with van der Waals surface area (Å²) in [5.41, 5.74) is -3.24. The molecule has 20 heavy (non-hydrogen) atoms. The van der Waals surface area contributed by atoms with Gasteiger partial charge in [-0.05, 0) is 0 Å². The molecule has 1 saturated heterocycles. The highest BCUT2D eigenvalue weighted by Gasteiger charge is 2.49. The number of hydrogen-bond acceptors (Lipinski definition) is 6. The fourth-order valence-corrected chi connectivity index (χ4v) is 2.11. The Bertz CT molecular complexity index is 593. The van der Waals surface area contributed by atoms with E-state index in [9.17, 15) is 24.2 Å². The van der Waals surface area contributed by atoms with Gasteiger partial charge in [-0.2, -0.15) is 0 Å². The van der Waals surface area contributed by atoms with Crippen LogP contribution in [0.1, 0.15) is 12.6 Å². The normalized spacial score (nSPS) is 29.6. The number of aliphatic hydroxyl groups is 2. The highest BCUT2D eigenvalue weighted by molar-refractivity contribution is 5.12. The van der Waals surface area contributed by atoms with Crippen LogP contribution in [0.4, 0.5) is 4.39 Å². The van der Waals surface area contributed by atoms with E-state index in [1.165, 1.54) is 7.11 Å². The van der Waals surface area contributed by atoms with Crippen molar-refractivity contribution in [1.29, 1.82) is 0 Å². The highest BCUT2D eigenvalue weighted by Crippen LogP contribution is 2.36. The zero-order valence-electron chi connectivity index (χ0n) is 10.7. The molecule has 0 unspecified atom stereocenters. The lowest BCUT2D eigenvalue weighted by atomic mass is 10.00. The van der Waals surface area contributed by atoms with E-state index in [0.717, 1.165) is 10.8 Å². The van der Waals surface area contributed by atoms with E-state index < -0.39 is 42.5 Å². The maximum absolute atomic E-state index is 13.0. The van der Waals surface area contributed by atoms with Crippen LogP contribution in [0.2, 0.25) is 0 Å². The monoisotopic (exact) mass is 290 g/mol. The van der Waals surface area contributed by atoms with Gasteiger partial charge in [-0.25, -0.2) is 9.18 Å². The first kappa shape index (κ1) is 14.7. The molecule has 1 aromatic heterocycles. The van der Waals surface area contributed by atoms with Gasteiger partial charge in [-0.15, -0.1) is 0 Å². The standard InChI is InChI=1S/C11H15FN2O6/c1-19-6-3-14(10(18)13-9(6)17)8-2-7(16)11(4-12,5-15)20-8/h3,7-8,15-16H,2,4-5H2,1H3,(H,13,17,18)/t7-,8+,11+/m0/s1. The minimum absolute atomic E-state index is 0.0976. The van der Waals surface area contributed by atoms with Crippen LogP contribution in [0, 0.1) is 0 Å². The quantitative estimate of drug-likeness (QED) is 0.623. The predicted molar refractivity (Wildman–Crippen MR) is 64.4 cm³/mol. The van der Waals surface area contributed by atoms with Crippen molar-refractivity contribution >= 4 is 0 Å². The zero-order chi connectivity index (χ0) is 14.9. The Balaban J connectivity index is 2.39. The Morgan fingerprint density at radius 1 is 1.65 bits per heavy atom. The number of hydrogen-bond donors (Lipinski definition) is 3. The zero-order valence-corrected chi connectivity index (χ0v) is 10.7. The fourth-order valence-electron chi connectivity index (χ4n) is 2.11. The lowest BCUT2D eigenvalue weighted by Crippen LogP contribution is -2.45. The third kappa shape index (κ3) is 2.23. The number of rotatable bonds is 4. The number of methoxy groups -OCH3 is 1. The number of nitrogens with one attached hydrogen (secondary N) is 1. The van der Waals surface area contributed by atoms with Gasteiger partial charge >= 0.3 is 5.69 Å². The van der Waals surface area contributed by atoms with Gasteiger partial charge in [0, 0.05) is 6.42 Å². The van der Waals surface area contributed by atoms with Crippen LogP contribution in [0.5, 0.6) is 5.75 Å². The van der Waals surface area contributed by atoms with Gasteiger partial charge in [-0.1, -0.05) is 0 Å². The summed E-state index contributed by atoms with van der Waals surface area (Å²) >= 11 is 0. The molecule has 9 heteroatoms. The molecule has 2 heterocycles. The number of aromatic amines is 1. The molecule has 1 fully saturated rings. The minimum Gasteiger partial charge on any atom is -0.490 e. The van der Waals surface area contributed by atoms with Crippen molar-refractivity contribution in [3.05, 3.63) is 27.0 Å². The van der Waals surface area contributed by atoms with E-state index in [2.05, 4.69) is 0 Å². The van der Waals surface area contributed by atoms with E-state index in [0.29, 0.717) is 0 Å². The van der Waals surface area contributed by atoms with Crippen molar-refractivity contribution in [2.45, 2.75) is 24.4 Å². The summed E-state index contributed by atoms with van der Waals surface area (Å²) in [4.78, 5) is 25.1. The smallest absolute Gasteiger partial charge is 0.330 e. The molecule has 0 spiro atoms. The molecule has 2 rings (SSSR count). The number of halogens is 1. The van der Waals surface area contributed by atoms with Gasteiger partial charge in [0.1, 0.15) is 18.5 Å². The molecule has 1 aliphatic heterocycles. The first-order chi connectivity index (χ1) is 9.47. The molecule has 3 atom stereocenters. The van der Waals surface area contributed by atoms with Crippen molar-refractivity contribution in [2.24, 2.45) is 0 Å². The molecule has 1 aliphatic rings. The molecule has 1 aromatic rings. The summed E-state index contributed by atoms with van der Waals surface area (Å²) in [7, 11) is 1.25. The van der Waals surface area contributed by atoms with Crippen LogP contribution in [0.25, 0.3) is 0 Å². The second-order valence-electron chi connectivity index (χ2n) is 4.54. The Hall–Kier alpha value is -1.71. The van der Waals surface area contributed by atoms with Crippen molar-refractivity contribution in [3.8, 4) is 5.75 Å². The molecule has 0 amide bonds. The number of aromatic nitrogens is 2. The van der Waals surface area contributed by atoms with E-state index in [1.54, 1.807) is 0 Å². The third-order valence-corrected chi connectivity index (χ3v) is 3.36. The summed E-state index contributed by atoms with van der Waals surface area (Å²) in [6.45, 7) is -1.83. The van der Waals surface area contributed by atoms with Crippen molar-refractivity contribution in [3.63, 3.8) is 0 Å². The fraction of sp³-hybridized carbons (Fsp3) is 0.636. The molecular weight excluding hydrogens is 275 g/mol. The molecule has 112 valence electrons. The Kier molecular flexibility index (Phi) is 3.93. The average Bonchev–Trinajstić information content (AvgIpc) is 2.76. The van der Waals surface area contributed by atoms with Crippen LogP contribution in [-0.4, -0.2) is 51.9 Å². The largest absolute Gasteiger partial charge is 0.490 e. The van der Waals surface area contributed by atoms with E-state index in [1.807, 2.05) is 4.98 Å². The van der Waals surface area contributed by atoms with Crippen LogP contribution in [0.3, 0.4) is 0 Å². The van der Waals surface area contributed by atoms with Gasteiger partial charge < -0.3 is 19.7 Å². The third-order valence-electron chi connectivity index (χ3n) is 3.36. The van der Waals surface area contributed by atoms with Gasteiger partial charge in [0.15, 0.2) is 0 Å². The van der Waals surface area contributed by atoms with E-state index in [4.69, 9.17) is 9.47 Å². The highest BCUT2D eigenvalue weighted by atomic mass is 19.1. The summed E-state index contributed by atoms with van der Waals surface area (Å²) in [6, 6.07) is 0. The van der Waals surface area contributed by atoms with Crippen molar-refractivity contribution in [2.75, 3.05) is 20.4 Å². The maximum atomic E-state index is 13.0. The SMILES string of the molecule is COc1cn([C@H]2C[C@H](O)[C@](CO)(CF)O2)c(=O)[nH]c1=O. The lowest BCUT2D eigenvalue weighted by Gasteiger charge is -2.26. The molecule has 0 aromatic carbocycles. The van der Waals surface area contributed by atoms with Crippen LogP contribution in [0.15, 0.2) is 15.8 Å². The topological polar surface area (TPSA) is 114 Å². The van der Waals surface area contributed by atoms with E-state index in [-0.39, 0.29) is 12.2 Å². The van der Waals surface area contributed by atoms with Crippen molar-refractivity contribution < 1.29 is 24.1 Å².